The van der Waals surface area contributed by atoms with Gasteiger partial charge in [-0.3, -0.25) is 0 Å². The molecule has 0 saturated heterocycles. The summed E-state index contributed by atoms with van der Waals surface area (Å²) in [6, 6.07) is 8.01. The SMILES string of the molecule is C=CCOc1ccc(CN[C@H](C)CO)cc1. The van der Waals surface area contributed by atoms with Crippen LogP contribution < -0.4 is 10.1 Å². The van der Waals surface area contributed by atoms with Crippen LogP contribution >= 0.6 is 0 Å². The number of aliphatic hydroxyl groups is 1. The van der Waals surface area contributed by atoms with Crippen molar-refractivity contribution in [1.82, 2.24) is 5.32 Å². The standard InChI is InChI=1S/C13H19NO2/c1-3-8-16-13-6-4-12(5-7-13)9-14-11(2)10-15/h3-7,11,14-15H,1,8-10H2,2H3/t11-/m1/s1. The molecule has 3 nitrogen and oxygen atoms in total. The highest BCUT2D eigenvalue weighted by atomic mass is 16.5. The highest BCUT2D eigenvalue weighted by Crippen LogP contribution is 2.12. The van der Waals surface area contributed by atoms with E-state index in [9.17, 15) is 0 Å². The molecule has 16 heavy (non-hydrogen) atoms. The van der Waals surface area contributed by atoms with Crippen molar-refractivity contribution in [3.8, 4) is 5.75 Å². The van der Waals surface area contributed by atoms with Gasteiger partial charge in [-0.05, 0) is 24.6 Å². The van der Waals surface area contributed by atoms with Crippen molar-refractivity contribution in [1.29, 1.82) is 0 Å². The summed E-state index contributed by atoms with van der Waals surface area (Å²) in [7, 11) is 0. The molecule has 88 valence electrons. The molecule has 0 aliphatic heterocycles. The van der Waals surface area contributed by atoms with Crippen molar-refractivity contribution in [3.05, 3.63) is 42.5 Å². The van der Waals surface area contributed by atoms with Crippen molar-refractivity contribution in [2.45, 2.75) is 19.5 Å². The van der Waals surface area contributed by atoms with Crippen LogP contribution in [0.4, 0.5) is 0 Å². The van der Waals surface area contributed by atoms with Gasteiger partial charge in [0.15, 0.2) is 0 Å². The second kappa shape index (κ2) is 7.04. The van der Waals surface area contributed by atoms with Gasteiger partial charge in [-0.15, -0.1) is 0 Å². The molecule has 1 aromatic carbocycles. The maximum absolute atomic E-state index is 8.86. The van der Waals surface area contributed by atoms with Gasteiger partial charge in [0.05, 0.1) is 6.61 Å². The second-order valence-corrected chi connectivity index (χ2v) is 3.71. The molecule has 0 heterocycles. The van der Waals surface area contributed by atoms with E-state index in [1.54, 1.807) is 6.08 Å². The number of nitrogens with one attached hydrogen (secondary N) is 1. The van der Waals surface area contributed by atoms with Gasteiger partial charge in [0, 0.05) is 12.6 Å². The van der Waals surface area contributed by atoms with Crippen molar-refractivity contribution in [3.63, 3.8) is 0 Å². The number of aliphatic hydroxyl groups excluding tert-OH is 1. The van der Waals surface area contributed by atoms with Crippen LogP contribution in [0.15, 0.2) is 36.9 Å². The average molecular weight is 221 g/mol. The zero-order valence-electron chi connectivity index (χ0n) is 9.65. The van der Waals surface area contributed by atoms with Crippen LogP contribution in [0.25, 0.3) is 0 Å². The normalized spacial score (nSPS) is 12.1. The fourth-order valence-corrected chi connectivity index (χ4v) is 1.22. The number of hydrogen-bond acceptors (Lipinski definition) is 3. The molecular weight excluding hydrogens is 202 g/mol. The second-order valence-electron chi connectivity index (χ2n) is 3.71. The van der Waals surface area contributed by atoms with Gasteiger partial charge in [-0.2, -0.15) is 0 Å². The molecule has 0 bridgehead atoms. The summed E-state index contributed by atoms with van der Waals surface area (Å²) >= 11 is 0. The quantitative estimate of drug-likeness (QED) is 0.689. The lowest BCUT2D eigenvalue weighted by molar-refractivity contribution is 0.251. The zero-order chi connectivity index (χ0) is 11.8. The Labute approximate surface area is 96.8 Å². The molecule has 0 saturated carbocycles. The molecule has 1 rings (SSSR count). The summed E-state index contributed by atoms with van der Waals surface area (Å²) in [5.74, 6) is 0.846. The van der Waals surface area contributed by atoms with Crippen molar-refractivity contribution in [2.75, 3.05) is 13.2 Å². The molecule has 1 atom stereocenters. The third-order valence-electron chi connectivity index (χ3n) is 2.22. The van der Waals surface area contributed by atoms with Gasteiger partial charge in [0.25, 0.3) is 0 Å². The van der Waals surface area contributed by atoms with E-state index in [0.717, 1.165) is 12.3 Å². The summed E-state index contributed by atoms with van der Waals surface area (Å²) in [5.41, 5.74) is 1.17. The third kappa shape index (κ3) is 4.47. The third-order valence-corrected chi connectivity index (χ3v) is 2.22. The predicted octanol–water partition coefficient (Wildman–Crippen LogP) is 1.72. The monoisotopic (exact) mass is 221 g/mol. The number of hydrogen-bond donors (Lipinski definition) is 2. The molecule has 0 aliphatic rings. The Bertz CT molecular complexity index is 308. The van der Waals surface area contributed by atoms with E-state index in [1.807, 2.05) is 31.2 Å². The summed E-state index contributed by atoms with van der Waals surface area (Å²) in [6.45, 7) is 6.97. The molecule has 0 aliphatic carbocycles. The Kier molecular flexibility index (Phi) is 5.61. The first-order chi connectivity index (χ1) is 7.76. The molecule has 0 fully saturated rings. The van der Waals surface area contributed by atoms with E-state index >= 15 is 0 Å². The Hall–Kier alpha value is -1.32. The Morgan fingerprint density at radius 1 is 1.44 bits per heavy atom. The number of rotatable bonds is 7. The first-order valence-electron chi connectivity index (χ1n) is 5.43. The molecule has 0 unspecified atom stereocenters. The fourth-order valence-electron chi connectivity index (χ4n) is 1.22. The average Bonchev–Trinajstić information content (AvgIpc) is 2.34. The largest absolute Gasteiger partial charge is 0.490 e. The maximum Gasteiger partial charge on any atom is 0.119 e. The molecule has 0 radical (unpaired) electrons. The summed E-state index contributed by atoms with van der Waals surface area (Å²) in [6.07, 6.45) is 1.72. The molecule has 1 aromatic rings. The van der Waals surface area contributed by atoms with Crippen LogP contribution in [0.2, 0.25) is 0 Å². The van der Waals surface area contributed by atoms with Crippen LogP contribution in [0.5, 0.6) is 5.75 Å². The minimum absolute atomic E-state index is 0.122. The van der Waals surface area contributed by atoms with Crippen molar-refractivity contribution >= 4 is 0 Å². The van der Waals surface area contributed by atoms with E-state index in [-0.39, 0.29) is 12.6 Å². The first-order valence-corrected chi connectivity index (χ1v) is 5.43. The van der Waals surface area contributed by atoms with Crippen LogP contribution in [-0.4, -0.2) is 24.4 Å². The lowest BCUT2D eigenvalue weighted by Gasteiger charge is -2.11. The highest BCUT2D eigenvalue weighted by Gasteiger charge is 1.99. The minimum atomic E-state index is 0.122. The minimum Gasteiger partial charge on any atom is -0.490 e. The zero-order valence-corrected chi connectivity index (χ0v) is 9.65. The van der Waals surface area contributed by atoms with Gasteiger partial charge in [0.1, 0.15) is 12.4 Å². The Morgan fingerprint density at radius 2 is 2.12 bits per heavy atom. The van der Waals surface area contributed by atoms with Crippen LogP contribution in [-0.2, 0) is 6.54 Å². The molecule has 0 amide bonds. The van der Waals surface area contributed by atoms with E-state index in [0.29, 0.717) is 6.61 Å². The number of benzene rings is 1. The molecular formula is C13H19NO2. The predicted molar refractivity (Wildman–Crippen MR) is 65.5 cm³/mol. The molecule has 3 heteroatoms. The van der Waals surface area contributed by atoms with Gasteiger partial charge < -0.3 is 15.2 Å². The summed E-state index contributed by atoms with van der Waals surface area (Å²) in [5, 5.41) is 12.1. The molecule has 2 N–H and O–H groups in total. The Balaban J connectivity index is 2.41. The highest BCUT2D eigenvalue weighted by molar-refractivity contribution is 5.27. The lowest BCUT2D eigenvalue weighted by atomic mass is 10.2. The maximum atomic E-state index is 8.86. The van der Waals surface area contributed by atoms with Crippen LogP contribution in [0, 0.1) is 0 Å². The van der Waals surface area contributed by atoms with Crippen molar-refractivity contribution < 1.29 is 9.84 Å². The van der Waals surface area contributed by atoms with E-state index in [1.165, 1.54) is 5.56 Å². The molecule has 0 aromatic heterocycles. The summed E-state index contributed by atoms with van der Waals surface area (Å²) < 4.78 is 5.38. The van der Waals surface area contributed by atoms with E-state index in [4.69, 9.17) is 9.84 Å². The van der Waals surface area contributed by atoms with E-state index in [2.05, 4.69) is 11.9 Å². The Morgan fingerprint density at radius 3 is 2.69 bits per heavy atom. The van der Waals surface area contributed by atoms with Crippen molar-refractivity contribution in [2.24, 2.45) is 0 Å². The van der Waals surface area contributed by atoms with E-state index < -0.39 is 0 Å². The first kappa shape index (κ1) is 12.7. The lowest BCUT2D eigenvalue weighted by Crippen LogP contribution is -2.28. The topological polar surface area (TPSA) is 41.5 Å². The van der Waals surface area contributed by atoms with Gasteiger partial charge in [-0.25, -0.2) is 0 Å². The molecule has 0 spiro atoms. The fraction of sp³-hybridized carbons (Fsp3) is 0.385. The van der Waals surface area contributed by atoms with Crippen LogP contribution in [0.3, 0.4) is 0 Å². The van der Waals surface area contributed by atoms with Gasteiger partial charge in [-0.1, -0.05) is 24.8 Å². The summed E-state index contributed by atoms with van der Waals surface area (Å²) in [4.78, 5) is 0. The van der Waals surface area contributed by atoms with Gasteiger partial charge >= 0.3 is 0 Å². The van der Waals surface area contributed by atoms with Gasteiger partial charge in [0.2, 0.25) is 0 Å². The smallest absolute Gasteiger partial charge is 0.119 e. The number of ether oxygens (including phenoxy) is 1. The van der Waals surface area contributed by atoms with Crippen LogP contribution in [0.1, 0.15) is 12.5 Å².